The zero-order valence-electron chi connectivity index (χ0n) is 6.50. The van der Waals surface area contributed by atoms with Crippen LogP contribution in [-0.4, -0.2) is 5.16 Å². The Morgan fingerprint density at radius 3 is 2.77 bits per heavy atom. The van der Waals surface area contributed by atoms with E-state index in [2.05, 4.69) is 21.1 Å². The molecular formula is C9H5BrFNO. The molecule has 0 amide bonds. The highest BCUT2D eigenvalue weighted by molar-refractivity contribution is 9.10. The monoisotopic (exact) mass is 241 g/mol. The number of hydrogen-bond donors (Lipinski definition) is 0. The Bertz CT molecular complexity index is 427. The second-order valence-corrected chi connectivity index (χ2v) is 3.31. The quantitative estimate of drug-likeness (QED) is 0.767. The molecule has 0 atom stereocenters. The van der Waals surface area contributed by atoms with Crippen molar-refractivity contribution >= 4 is 15.9 Å². The minimum absolute atomic E-state index is 0.281. The zero-order valence-corrected chi connectivity index (χ0v) is 8.08. The van der Waals surface area contributed by atoms with E-state index >= 15 is 0 Å². The minimum Gasteiger partial charge on any atom is -0.349 e. The van der Waals surface area contributed by atoms with Crippen molar-refractivity contribution in [1.82, 2.24) is 5.16 Å². The van der Waals surface area contributed by atoms with Gasteiger partial charge in [-0.15, -0.1) is 0 Å². The second kappa shape index (κ2) is 3.30. The molecule has 1 aromatic heterocycles. The predicted molar refractivity (Wildman–Crippen MR) is 49.6 cm³/mol. The van der Waals surface area contributed by atoms with Crippen LogP contribution in [0.2, 0.25) is 0 Å². The summed E-state index contributed by atoms with van der Waals surface area (Å²) in [5.74, 6) is -0.281. The van der Waals surface area contributed by atoms with Crippen molar-refractivity contribution in [3.63, 3.8) is 0 Å². The van der Waals surface area contributed by atoms with E-state index in [0.717, 1.165) is 0 Å². The van der Waals surface area contributed by atoms with Crippen LogP contribution in [0.5, 0.6) is 0 Å². The topological polar surface area (TPSA) is 26.0 Å². The first-order chi connectivity index (χ1) is 6.25. The Labute approximate surface area is 82.5 Å². The van der Waals surface area contributed by atoms with Crippen LogP contribution in [0.3, 0.4) is 0 Å². The first kappa shape index (κ1) is 8.44. The Hall–Kier alpha value is -1.16. The molecule has 0 N–H and O–H groups in total. The molecule has 0 unspecified atom stereocenters. The highest BCUT2D eigenvalue weighted by atomic mass is 79.9. The average molecular weight is 242 g/mol. The van der Waals surface area contributed by atoms with Crippen molar-refractivity contribution < 1.29 is 8.91 Å². The van der Waals surface area contributed by atoms with Crippen LogP contribution < -0.4 is 0 Å². The van der Waals surface area contributed by atoms with Crippen molar-refractivity contribution in [1.29, 1.82) is 0 Å². The average Bonchev–Trinajstić information content (AvgIpc) is 2.52. The van der Waals surface area contributed by atoms with Gasteiger partial charge in [0.1, 0.15) is 11.5 Å². The first-order valence-corrected chi connectivity index (χ1v) is 4.43. The number of nitrogens with zero attached hydrogens (tertiary/aromatic N) is 1. The lowest BCUT2D eigenvalue weighted by Crippen LogP contribution is -1.78. The third-order valence-electron chi connectivity index (χ3n) is 1.60. The fourth-order valence-electron chi connectivity index (χ4n) is 1.04. The summed E-state index contributed by atoms with van der Waals surface area (Å²) in [5.41, 5.74) is 1.32. The van der Waals surface area contributed by atoms with Crippen LogP contribution in [0.15, 0.2) is 39.5 Å². The molecule has 0 fully saturated rings. The molecule has 0 bridgehead atoms. The molecule has 4 heteroatoms. The fraction of sp³-hybridized carbons (Fsp3) is 0. The van der Waals surface area contributed by atoms with Gasteiger partial charge in [-0.2, -0.15) is 0 Å². The normalized spacial score (nSPS) is 10.3. The summed E-state index contributed by atoms with van der Waals surface area (Å²) in [6.45, 7) is 0. The molecular weight excluding hydrogens is 237 g/mol. The maximum absolute atomic E-state index is 12.8. The van der Waals surface area contributed by atoms with Crippen LogP contribution >= 0.6 is 15.9 Å². The molecule has 2 aromatic rings. The molecule has 0 spiro atoms. The molecule has 0 aliphatic heterocycles. The number of aromatic nitrogens is 1. The standard InChI is InChI=1S/C9H5BrFNO/c10-9-5-8(12-13-9)6-2-1-3-7(11)4-6/h1-5H. The van der Waals surface area contributed by atoms with E-state index < -0.39 is 0 Å². The molecule has 0 aliphatic rings. The first-order valence-electron chi connectivity index (χ1n) is 3.64. The van der Waals surface area contributed by atoms with Crippen LogP contribution in [0.4, 0.5) is 4.39 Å². The Morgan fingerprint density at radius 1 is 1.31 bits per heavy atom. The molecule has 0 saturated heterocycles. The van der Waals surface area contributed by atoms with Crippen LogP contribution in [0.25, 0.3) is 11.3 Å². The third-order valence-corrected chi connectivity index (χ3v) is 1.98. The Morgan fingerprint density at radius 2 is 2.15 bits per heavy atom. The number of benzene rings is 1. The number of hydrogen-bond acceptors (Lipinski definition) is 2. The molecule has 2 nitrogen and oxygen atoms in total. The van der Waals surface area contributed by atoms with Gasteiger partial charge in [0.15, 0.2) is 0 Å². The van der Waals surface area contributed by atoms with Crippen molar-refractivity contribution in [2.24, 2.45) is 0 Å². The molecule has 13 heavy (non-hydrogen) atoms. The van der Waals surface area contributed by atoms with Gasteiger partial charge in [0.2, 0.25) is 4.67 Å². The van der Waals surface area contributed by atoms with E-state index in [1.54, 1.807) is 18.2 Å². The van der Waals surface area contributed by atoms with E-state index in [1.807, 2.05) is 0 Å². The molecule has 1 aromatic carbocycles. The van der Waals surface area contributed by atoms with Gasteiger partial charge in [0.05, 0.1) is 0 Å². The summed E-state index contributed by atoms with van der Waals surface area (Å²) in [7, 11) is 0. The SMILES string of the molecule is Fc1cccc(-c2cc(Br)on2)c1. The second-order valence-electron chi connectivity index (χ2n) is 2.53. The van der Waals surface area contributed by atoms with Crippen LogP contribution in [-0.2, 0) is 0 Å². The maximum atomic E-state index is 12.8. The van der Waals surface area contributed by atoms with Gasteiger partial charge in [0, 0.05) is 11.6 Å². The van der Waals surface area contributed by atoms with E-state index in [9.17, 15) is 4.39 Å². The van der Waals surface area contributed by atoms with Crippen molar-refractivity contribution in [2.45, 2.75) is 0 Å². The zero-order chi connectivity index (χ0) is 9.26. The lowest BCUT2D eigenvalue weighted by molar-refractivity contribution is 0.402. The lowest BCUT2D eigenvalue weighted by atomic mass is 10.1. The van der Waals surface area contributed by atoms with E-state index in [1.165, 1.54) is 12.1 Å². The highest BCUT2D eigenvalue weighted by Crippen LogP contribution is 2.22. The van der Waals surface area contributed by atoms with E-state index in [-0.39, 0.29) is 5.82 Å². The summed E-state index contributed by atoms with van der Waals surface area (Å²) in [4.78, 5) is 0. The Kier molecular flexibility index (Phi) is 2.14. The predicted octanol–water partition coefficient (Wildman–Crippen LogP) is 3.24. The van der Waals surface area contributed by atoms with Crippen molar-refractivity contribution in [2.75, 3.05) is 0 Å². The van der Waals surface area contributed by atoms with Gasteiger partial charge in [-0.3, -0.25) is 0 Å². The highest BCUT2D eigenvalue weighted by Gasteiger charge is 2.04. The lowest BCUT2D eigenvalue weighted by Gasteiger charge is -1.93. The van der Waals surface area contributed by atoms with Gasteiger partial charge >= 0.3 is 0 Å². The minimum atomic E-state index is -0.281. The largest absolute Gasteiger partial charge is 0.349 e. The summed E-state index contributed by atoms with van der Waals surface area (Å²) < 4.78 is 18.1. The van der Waals surface area contributed by atoms with Crippen LogP contribution in [0.1, 0.15) is 0 Å². The van der Waals surface area contributed by atoms with Gasteiger partial charge in [0.25, 0.3) is 0 Å². The van der Waals surface area contributed by atoms with Gasteiger partial charge in [-0.25, -0.2) is 4.39 Å². The van der Waals surface area contributed by atoms with Crippen molar-refractivity contribution in [3.05, 3.63) is 40.8 Å². The number of rotatable bonds is 1. The summed E-state index contributed by atoms with van der Waals surface area (Å²) in [6.07, 6.45) is 0. The smallest absolute Gasteiger partial charge is 0.202 e. The molecule has 0 radical (unpaired) electrons. The molecule has 2 rings (SSSR count). The fourth-order valence-corrected chi connectivity index (χ4v) is 1.33. The van der Waals surface area contributed by atoms with Gasteiger partial charge in [-0.05, 0) is 28.1 Å². The van der Waals surface area contributed by atoms with Crippen LogP contribution in [0, 0.1) is 5.82 Å². The third kappa shape index (κ3) is 1.78. The van der Waals surface area contributed by atoms with E-state index in [4.69, 9.17) is 4.52 Å². The van der Waals surface area contributed by atoms with E-state index in [0.29, 0.717) is 15.9 Å². The summed E-state index contributed by atoms with van der Waals surface area (Å²) in [6, 6.07) is 7.89. The molecule has 0 aliphatic carbocycles. The maximum Gasteiger partial charge on any atom is 0.202 e. The van der Waals surface area contributed by atoms with Gasteiger partial charge < -0.3 is 4.52 Å². The van der Waals surface area contributed by atoms with Gasteiger partial charge in [-0.1, -0.05) is 17.3 Å². The molecule has 66 valence electrons. The summed E-state index contributed by atoms with van der Waals surface area (Å²) in [5, 5.41) is 3.74. The Balaban J connectivity index is 2.46. The number of halogens is 2. The van der Waals surface area contributed by atoms with Crippen molar-refractivity contribution in [3.8, 4) is 11.3 Å². The molecule has 0 saturated carbocycles. The molecule has 1 heterocycles. The summed E-state index contributed by atoms with van der Waals surface area (Å²) >= 11 is 3.13.